The van der Waals surface area contributed by atoms with E-state index >= 15 is 0 Å². The van der Waals surface area contributed by atoms with Crippen LogP contribution < -0.4 is 5.56 Å². The van der Waals surface area contributed by atoms with E-state index in [1.807, 2.05) is 60.9 Å². The molecule has 3 aliphatic rings. The van der Waals surface area contributed by atoms with Gasteiger partial charge in [-0.05, 0) is 45.6 Å². The van der Waals surface area contributed by atoms with E-state index in [1.54, 1.807) is 16.6 Å². The molecule has 1 unspecified atom stereocenters. The molecule has 12 nitrogen and oxygen atoms in total. The van der Waals surface area contributed by atoms with E-state index in [9.17, 15) is 19.5 Å². The first-order valence-corrected chi connectivity index (χ1v) is 15.6. The van der Waals surface area contributed by atoms with Crippen molar-refractivity contribution in [1.29, 1.82) is 0 Å². The highest BCUT2D eigenvalue weighted by atomic mass is 16.6. The number of hydrogen-bond acceptors (Lipinski definition) is 7. The first-order chi connectivity index (χ1) is 20.9. The zero-order valence-electron chi connectivity index (χ0n) is 26.1. The lowest BCUT2D eigenvalue weighted by molar-refractivity contribution is -0.137. The Hall–Kier alpha value is -3.93. The molecule has 12 heteroatoms. The van der Waals surface area contributed by atoms with Gasteiger partial charge in [-0.25, -0.2) is 14.6 Å². The van der Waals surface area contributed by atoms with Gasteiger partial charge < -0.3 is 24.5 Å². The predicted octanol–water partition coefficient (Wildman–Crippen LogP) is 3.54. The molecule has 1 aromatic carbocycles. The second-order valence-electron chi connectivity index (χ2n) is 13.7. The molecule has 0 radical (unpaired) electrons. The van der Waals surface area contributed by atoms with Gasteiger partial charge in [0.15, 0.2) is 5.65 Å². The Kier molecular flexibility index (Phi) is 7.67. The number of benzene rings is 1. The molecule has 0 bridgehead atoms. The molecule has 1 saturated carbocycles. The summed E-state index contributed by atoms with van der Waals surface area (Å²) in [4.78, 5) is 50.5. The van der Waals surface area contributed by atoms with E-state index in [2.05, 4.69) is 10.1 Å². The van der Waals surface area contributed by atoms with Crippen molar-refractivity contribution in [2.24, 2.45) is 12.5 Å². The average molecular weight is 606 g/mol. The number of hydrogen-bond donors (Lipinski definition) is 1. The van der Waals surface area contributed by atoms with Crippen LogP contribution in [0.1, 0.15) is 64.5 Å². The number of likely N-dealkylation sites (tertiary alicyclic amines) is 1. The van der Waals surface area contributed by atoms with Gasteiger partial charge in [0.1, 0.15) is 17.3 Å². The first-order valence-electron chi connectivity index (χ1n) is 15.6. The molecule has 6 rings (SSSR count). The molecule has 2 aliphatic heterocycles. The van der Waals surface area contributed by atoms with E-state index in [4.69, 9.17) is 4.74 Å². The third-order valence-corrected chi connectivity index (χ3v) is 9.72. The highest BCUT2D eigenvalue weighted by Crippen LogP contribution is 2.52. The Morgan fingerprint density at radius 2 is 1.77 bits per heavy atom. The number of fused-ring (bicyclic) bond motifs is 1. The molecule has 236 valence electrons. The fraction of sp³-hybridized carbons (Fsp3) is 0.594. The van der Waals surface area contributed by atoms with E-state index in [0.29, 0.717) is 50.2 Å². The normalized spacial score (nSPS) is 23.8. The number of carbonyl (C=O) groups excluding carboxylic acids is 2. The predicted molar refractivity (Wildman–Crippen MR) is 164 cm³/mol. The highest BCUT2D eigenvalue weighted by Gasteiger charge is 2.56. The lowest BCUT2D eigenvalue weighted by Gasteiger charge is -2.53. The summed E-state index contributed by atoms with van der Waals surface area (Å²) in [6.45, 7) is 7.51. The van der Waals surface area contributed by atoms with Crippen molar-refractivity contribution >= 4 is 23.2 Å². The summed E-state index contributed by atoms with van der Waals surface area (Å²) in [7, 11) is 1.74. The lowest BCUT2D eigenvalue weighted by atomic mass is 9.66. The summed E-state index contributed by atoms with van der Waals surface area (Å²) in [5.41, 5.74) is -1.08. The molecule has 4 heterocycles. The number of aryl methyl sites for hydroxylation is 1. The Labute approximate surface area is 257 Å². The standard InChI is InChI=1S/C32H43N7O5/c1-30(2,3)44-29(42)36-16-17-39(25(19-36)23-10-6-5-7-11-23)28(41)37-15-14-32(43,31(20-37)12-8-9-13-31)21-38-22-33-26-24(27(38)40)18-34-35(26)4/h5-7,10-11,18,22,25,43H,8-9,12-17,19-21H2,1-4H3/t25-,32?/m0/s1. The van der Waals surface area contributed by atoms with Gasteiger partial charge in [0.2, 0.25) is 0 Å². The maximum atomic E-state index is 14.3. The fourth-order valence-electron chi connectivity index (χ4n) is 7.37. The number of aliphatic hydroxyl groups is 1. The van der Waals surface area contributed by atoms with Crippen LogP contribution in [-0.2, 0) is 18.3 Å². The molecular weight excluding hydrogens is 562 g/mol. The van der Waals surface area contributed by atoms with E-state index in [0.717, 1.165) is 31.2 Å². The molecule has 2 saturated heterocycles. The van der Waals surface area contributed by atoms with Crippen molar-refractivity contribution in [3.8, 4) is 0 Å². The Morgan fingerprint density at radius 1 is 1.05 bits per heavy atom. The zero-order valence-corrected chi connectivity index (χ0v) is 26.1. The van der Waals surface area contributed by atoms with E-state index in [1.165, 1.54) is 17.1 Å². The van der Waals surface area contributed by atoms with Crippen LogP contribution in [0.3, 0.4) is 0 Å². The average Bonchev–Trinajstić information content (AvgIpc) is 3.63. The van der Waals surface area contributed by atoms with Crippen molar-refractivity contribution in [3.05, 3.63) is 58.8 Å². The molecule has 2 aromatic heterocycles. The molecule has 1 spiro atoms. The number of piperazine rings is 1. The topological polar surface area (TPSA) is 126 Å². The Morgan fingerprint density at radius 3 is 2.48 bits per heavy atom. The number of ether oxygens (including phenoxy) is 1. The molecular formula is C32H43N7O5. The number of nitrogens with zero attached hydrogens (tertiary/aromatic N) is 7. The van der Waals surface area contributed by atoms with Crippen LogP contribution >= 0.6 is 0 Å². The minimum atomic E-state index is -1.17. The number of piperidine rings is 1. The third kappa shape index (κ3) is 5.44. The van der Waals surface area contributed by atoms with Gasteiger partial charge in [-0.2, -0.15) is 5.10 Å². The molecule has 2 atom stereocenters. The van der Waals surface area contributed by atoms with Crippen molar-refractivity contribution < 1.29 is 19.4 Å². The van der Waals surface area contributed by atoms with Crippen LogP contribution in [0.4, 0.5) is 9.59 Å². The summed E-state index contributed by atoms with van der Waals surface area (Å²) in [6, 6.07) is 9.38. The zero-order chi connectivity index (χ0) is 31.3. The third-order valence-electron chi connectivity index (χ3n) is 9.72. The van der Waals surface area contributed by atoms with Crippen molar-refractivity contribution in [2.45, 2.75) is 76.7 Å². The number of aromatic nitrogens is 4. The minimum Gasteiger partial charge on any atom is -0.444 e. The van der Waals surface area contributed by atoms with Crippen LogP contribution in [0.15, 0.2) is 47.7 Å². The smallest absolute Gasteiger partial charge is 0.410 e. The van der Waals surface area contributed by atoms with Crippen LogP contribution in [0.25, 0.3) is 11.0 Å². The maximum Gasteiger partial charge on any atom is 0.410 e. The van der Waals surface area contributed by atoms with Gasteiger partial charge in [0, 0.05) is 45.2 Å². The van der Waals surface area contributed by atoms with Crippen molar-refractivity contribution in [1.82, 2.24) is 34.0 Å². The van der Waals surface area contributed by atoms with Gasteiger partial charge in [0.05, 0.1) is 24.4 Å². The summed E-state index contributed by atoms with van der Waals surface area (Å²) in [6.07, 6.45) is 6.46. The Bertz CT molecular complexity index is 1590. The van der Waals surface area contributed by atoms with Crippen LogP contribution in [0.2, 0.25) is 0 Å². The quantitative estimate of drug-likeness (QED) is 0.484. The minimum absolute atomic E-state index is 0.0911. The summed E-state index contributed by atoms with van der Waals surface area (Å²) < 4.78 is 8.72. The number of rotatable bonds is 3. The largest absolute Gasteiger partial charge is 0.444 e. The number of urea groups is 1. The summed E-state index contributed by atoms with van der Waals surface area (Å²) >= 11 is 0. The van der Waals surface area contributed by atoms with Gasteiger partial charge in [-0.1, -0.05) is 43.2 Å². The molecule has 1 N–H and O–H groups in total. The molecule has 1 aliphatic carbocycles. The number of amides is 3. The molecule has 3 fully saturated rings. The maximum absolute atomic E-state index is 14.3. The van der Waals surface area contributed by atoms with Gasteiger partial charge >= 0.3 is 12.1 Å². The second kappa shape index (κ2) is 11.2. The summed E-state index contributed by atoms with van der Waals surface area (Å²) in [5.74, 6) is 0. The van der Waals surface area contributed by atoms with Gasteiger partial charge in [-0.15, -0.1) is 0 Å². The van der Waals surface area contributed by atoms with Crippen LogP contribution in [0.5, 0.6) is 0 Å². The van der Waals surface area contributed by atoms with Crippen LogP contribution in [-0.4, -0.2) is 95.2 Å². The van der Waals surface area contributed by atoms with E-state index < -0.39 is 16.6 Å². The second-order valence-corrected chi connectivity index (χ2v) is 13.7. The Balaban J connectivity index is 1.24. The highest BCUT2D eigenvalue weighted by molar-refractivity contribution is 5.76. The molecule has 3 aromatic rings. The van der Waals surface area contributed by atoms with Crippen LogP contribution in [0, 0.1) is 5.41 Å². The summed E-state index contributed by atoms with van der Waals surface area (Å²) in [5, 5.41) is 16.9. The fourth-order valence-corrected chi connectivity index (χ4v) is 7.37. The monoisotopic (exact) mass is 605 g/mol. The SMILES string of the molecule is Cn1ncc2c(=O)n(CC3(O)CCN(C(=O)N4CCN(C(=O)OC(C)(C)C)C[C@H]4c4ccccc4)CC34CCCC4)cnc21. The lowest BCUT2D eigenvalue weighted by Crippen LogP contribution is -2.64. The molecule has 3 amide bonds. The number of carbonyl (C=O) groups is 2. The van der Waals surface area contributed by atoms with Crippen molar-refractivity contribution in [3.63, 3.8) is 0 Å². The van der Waals surface area contributed by atoms with Gasteiger partial charge in [0.25, 0.3) is 5.56 Å². The van der Waals surface area contributed by atoms with Crippen molar-refractivity contribution in [2.75, 3.05) is 32.7 Å². The van der Waals surface area contributed by atoms with E-state index in [-0.39, 0.29) is 30.3 Å². The molecule has 44 heavy (non-hydrogen) atoms. The first kappa shape index (κ1) is 30.1. The van der Waals surface area contributed by atoms with Gasteiger partial charge in [-0.3, -0.25) is 14.0 Å².